The zero-order chi connectivity index (χ0) is 20.1. The Morgan fingerprint density at radius 1 is 1.10 bits per heavy atom. The van der Waals surface area contributed by atoms with Crippen LogP contribution in [0.3, 0.4) is 0 Å². The van der Waals surface area contributed by atoms with Crippen LogP contribution in [-0.2, 0) is 13.1 Å². The highest BCUT2D eigenvalue weighted by atomic mass is 32.1. The fraction of sp³-hybridized carbons (Fsp3) is 0.435. The van der Waals surface area contributed by atoms with Crippen LogP contribution in [-0.4, -0.2) is 58.8 Å². The molecule has 0 spiro atoms. The van der Waals surface area contributed by atoms with E-state index in [2.05, 4.69) is 40.1 Å². The zero-order valence-corrected chi connectivity index (χ0v) is 17.8. The highest BCUT2D eigenvalue weighted by Gasteiger charge is 2.27. The fourth-order valence-electron chi connectivity index (χ4n) is 4.06. The molecule has 1 aliphatic heterocycles. The molecule has 1 N–H and O–H groups in total. The third kappa shape index (κ3) is 4.95. The molecule has 1 fully saturated rings. The van der Waals surface area contributed by atoms with Crippen LogP contribution < -0.4 is 4.74 Å². The first kappa shape index (κ1) is 20.3. The van der Waals surface area contributed by atoms with Gasteiger partial charge in [0.1, 0.15) is 10.8 Å². The Morgan fingerprint density at radius 2 is 1.93 bits per heavy atom. The lowest BCUT2D eigenvalue weighted by atomic mass is 10.1. The fourth-order valence-corrected chi connectivity index (χ4v) is 5.07. The molecule has 154 valence electrons. The van der Waals surface area contributed by atoms with Gasteiger partial charge in [-0.25, -0.2) is 4.98 Å². The lowest BCUT2D eigenvalue weighted by molar-refractivity contribution is 0.0494. The molecule has 3 aromatic rings. The molecule has 2 heterocycles. The predicted molar refractivity (Wildman–Crippen MR) is 118 cm³/mol. The molecule has 0 aliphatic carbocycles. The molecule has 6 heteroatoms. The van der Waals surface area contributed by atoms with E-state index in [1.54, 1.807) is 11.3 Å². The summed E-state index contributed by atoms with van der Waals surface area (Å²) >= 11 is 1.78. The van der Waals surface area contributed by atoms with Crippen molar-refractivity contribution in [2.75, 3.05) is 32.8 Å². The Kier molecular flexibility index (Phi) is 6.77. The summed E-state index contributed by atoms with van der Waals surface area (Å²) in [5, 5.41) is 10.8. The quantitative estimate of drug-likeness (QED) is 0.612. The molecular formula is C23H29N3O2S. The highest BCUT2D eigenvalue weighted by molar-refractivity contribution is 7.18. The van der Waals surface area contributed by atoms with Crippen molar-refractivity contribution in [3.63, 3.8) is 0 Å². The van der Waals surface area contributed by atoms with Crippen molar-refractivity contribution in [3.05, 3.63) is 59.1 Å². The Balaban J connectivity index is 1.43. The summed E-state index contributed by atoms with van der Waals surface area (Å²) < 4.78 is 7.06. The Bertz CT molecular complexity index is 896. The van der Waals surface area contributed by atoms with Crippen LogP contribution >= 0.6 is 11.3 Å². The Labute approximate surface area is 176 Å². The molecule has 0 radical (unpaired) electrons. The van der Waals surface area contributed by atoms with E-state index < -0.39 is 0 Å². The molecule has 2 aromatic carbocycles. The minimum atomic E-state index is 0.212. The second-order valence-electron chi connectivity index (χ2n) is 7.49. The summed E-state index contributed by atoms with van der Waals surface area (Å²) in [6.45, 7) is 7.58. The molecule has 1 aliphatic rings. The number of ether oxygens (including phenoxy) is 1. The second-order valence-corrected chi connectivity index (χ2v) is 8.60. The lowest BCUT2D eigenvalue weighted by Crippen LogP contribution is -2.52. The monoisotopic (exact) mass is 411 g/mol. The van der Waals surface area contributed by atoms with E-state index >= 15 is 0 Å². The Hall–Kier alpha value is -1.99. The van der Waals surface area contributed by atoms with Gasteiger partial charge in [-0.15, -0.1) is 11.3 Å². The minimum absolute atomic E-state index is 0.212. The van der Waals surface area contributed by atoms with Gasteiger partial charge in [0.05, 0.1) is 23.4 Å². The number of aromatic nitrogens is 1. The van der Waals surface area contributed by atoms with Crippen molar-refractivity contribution < 1.29 is 9.84 Å². The van der Waals surface area contributed by atoms with Gasteiger partial charge in [0.25, 0.3) is 0 Å². The normalized spacial score (nSPS) is 18.3. The molecule has 4 rings (SSSR count). The molecule has 1 atom stereocenters. The highest BCUT2D eigenvalue weighted by Crippen LogP contribution is 2.26. The van der Waals surface area contributed by atoms with E-state index in [1.165, 1.54) is 15.3 Å². The number of aliphatic hydroxyl groups is 1. The number of aliphatic hydroxyl groups excluding tert-OH is 1. The van der Waals surface area contributed by atoms with Gasteiger partial charge in [0, 0.05) is 44.4 Å². The summed E-state index contributed by atoms with van der Waals surface area (Å²) in [5.41, 5.74) is 2.31. The van der Waals surface area contributed by atoms with E-state index in [-0.39, 0.29) is 6.61 Å². The van der Waals surface area contributed by atoms with Crippen LogP contribution in [0.25, 0.3) is 10.2 Å². The summed E-state index contributed by atoms with van der Waals surface area (Å²) in [7, 11) is 0. The number of hydrogen-bond acceptors (Lipinski definition) is 6. The van der Waals surface area contributed by atoms with Crippen molar-refractivity contribution in [2.24, 2.45) is 0 Å². The first-order valence-corrected chi connectivity index (χ1v) is 11.2. The number of fused-ring (bicyclic) bond motifs is 1. The van der Waals surface area contributed by atoms with Gasteiger partial charge in [-0.1, -0.05) is 30.3 Å². The van der Waals surface area contributed by atoms with Gasteiger partial charge in [0.15, 0.2) is 0 Å². The average Bonchev–Trinajstić information content (AvgIpc) is 3.14. The van der Waals surface area contributed by atoms with Crippen LogP contribution in [0.4, 0.5) is 0 Å². The molecule has 5 nitrogen and oxygen atoms in total. The number of benzene rings is 2. The topological polar surface area (TPSA) is 48.8 Å². The molecule has 0 bridgehead atoms. The molecule has 0 saturated carbocycles. The molecule has 0 amide bonds. The first-order chi connectivity index (χ1) is 14.3. The van der Waals surface area contributed by atoms with Crippen LogP contribution in [0.15, 0.2) is 48.5 Å². The van der Waals surface area contributed by atoms with Gasteiger partial charge < -0.3 is 9.84 Å². The number of hydrogen-bond donors (Lipinski definition) is 1. The van der Waals surface area contributed by atoms with Crippen molar-refractivity contribution in [3.8, 4) is 5.75 Å². The lowest BCUT2D eigenvalue weighted by Gasteiger charge is -2.41. The summed E-state index contributed by atoms with van der Waals surface area (Å²) in [4.78, 5) is 9.76. The number of rotatable bonds is 8. The van der Waals surface area contributed by atoms with Crippen LogP contribution in [0.5, 0.6) is 5.75 Å². The third-order valence-electron chi connectivity index (χ3n) is 5.49. The average molecular weight is 412 g/mol. The van der Waals surface area contributed by atoms with Crippen molar-refractivity contribution >= 4 is 21.6 Å². The van der Waals surface area contributed by atoms with E-state index in [1.807, 2.05) is 25.1 Å². The van der Waals surface area contributed by atoms with E-state index in [4.69, 9.17) is 9.72 Å². The molecule has 29 heavy (non-hydrogen) atoms. The number of nitrogens with zero attached hydrogens (tertiary/aromatic N) is 3. The van der Waals surface area contributed by atoms with Crippen LogP contribution in [0, 0.1) is 0 Å². The summed E-state index contributed by atoms with van der Waals surface area (Å²) in [6, 6.07) is 17.0. The molecule has 1 saturated heterocycles. The van der Waals surface area contributed by atoms with E-state index in [9.17, 15) is 5.11 Å². The zero-order valence-electron chi connectivity index (χ0n) is 17.0. The number of para-hydroxylation sites is 2. The maximum absolute atomic E-state index is 9.63. The molecular weight excluding hydrogens is 382 g/mol. The first-order valence-electron chi connectivity index (χ1n) is 10.4. The third-order valence-corrected chi connectivity index (χ3v) is 6.52. The maximum atomic E-state index is 9.63. The van der Waals surface area contributed by atoms with Crippen molar-refractivity contribution in [1.82, 2.24) is 14.8 Å². The minimum Gasteiger partial charge on any atom is -0.494 e. The Morgan fingerprint density at radius 3 is 2.76 bits per heavy atom. The predicted octanol–water partition coefficient (Wildman–Crippen LogP) is 3.76. The smallest absolute Gasteiger partial charge is 0.123 e. The standard InChI is InChI=1S/C23H29N3O2S/c1-2-28-21-9-5-3-7-18(21)15-26-13-12-25(16-19(26)11-14-27)17-23-24-20-8-4-6-10-22(20)29-23/h3-10,19,27H,2,11-17H2,1H3/t19-/m0/s1. The SMILES string of the molecule is CCOc1ccccc1CN1CCN(Cc2nc3ccccc3s2)C[C@@H]1CCO. The number of thiazole rings is 1. The van der Waals surface area contributed by atoms with E-state index in [0.29, 0.717) is 12.6 Å². The summed E-state index contributed by atoms with van der Waals surface area (Å²) in [6.07, 6.45) is 0.785. The largest absolute Gasteiger partial charge is 0.494 e. The molecule has 1 aromatic heterocycles. The van der Waals surface area contributed by atoms with Crippen LogP contribution in [0.1, 0.15) is 23.9 Å². The summed E-state index contributed by atoms with van der Waals surface area (Å²) in [5.74, 6) is 0.967. The van der Waals surface area contributed by atoms with Crippen LogP contribution in [0.2, 0.25) is 0 Å². The van der Waals surface area contributed by atoms with Gasteiger partial charge in [-0.05, 0) is 31.5 Å². The van der Waals surface area contributed by atoms with Gasteiger partial charge in [-0.2, -0.15) is 0 Å². The van der Waals surface area contributed by atoms with Gasteiger partial charge >= 0.3 is 0 Å². The van der Waals surface area contributed by atoms with Gasteiger partial charge in [0.2, 0.25) is 0 Å². The van der Waals surface area contributed by atoms with Crippen molar-refractivity contribution in [1.29, 1.82) is 0 Å². The molecule has 0 unspecified atom stereocenters. The number of piperazine rings is 1. The maximum Gasteiger partial charge on any atom is 0.123 e. The van der Waals surface area contributed by atoms with Crippen molar-refractivity contribution in [2.45, 2.75) is 32.5 Å². The van der Waals surface area contributed by atoms with Gasteiger partial charge in [-0.3, -0.25) is 9.80 Å². The second kappa shape index (κ2) is 9.67. The van der Waals surface area contributed by atoms with E-state index in [0.717, 1.165) is 50.4 Å².